The van der Waals surface area contributed by atoms with E-state index >= 15 is 0 Å². The highest BCUT2D eigenvalue weighted by atomic mass is 32.3. The van der Waals surface area contributed by atoms with E-state index in [1.54, 1.807) is 0 Å². The monoisotopic (exact) mass is 219 g/mol. The van der Waals surface area contributed by atoms with E-state index in [4.69, 9.17) is 8.76 Å². The van der Waals surface area contributed by atoms with Crippen LogP contribution in [0.3, 0.4) is 0 Å². The quantitative estimate of drug-likeness (QED) is 0.582. The van der Waals surface area contributed by atoms with E-state index < -0.39 is 10.4 Å². The second kappa shape index (κ2) is 10.8. The zero-order chi connectivity index (χ0) is 10.8. The van der Waals surface area contributed by atoms with E-state index in [1.165, 1.54) is 0 Å². The molecule has 1 N–H and O–H groups in total. The van der Waals surface area contributed by atoms with Gasteiger partial charge in [0.05, 0.1) is 7.11 Å². The predicted molar refractivity (Wildman–Crippen MR) is 46.3 cm³/mol. The molecular formula is C4H13NO5S2. The highest BCUT2D eigenvalue weighted by Gasteiger charge is 1.93. The van der Waals surface area contributed by atoms with Crippen molar-refractivity contribution in [2.24, 2.45) is 0 Å². The molecule has 0 aromatic carbocycles. The number of hydrogen-bond donors (Lipinski definition) is 1. The van der Waals surface area contributed by atoms with Crippen LogP contribution in [-0.4, -0.2) is 50.3 Å². The summed E-state index contributed by atoms with van der Waals surface area (Å²) in [5, 5.41) is 0. The zero-order valence-corrected chi connectivity index (χ0v) is 8.98. The Labute approximate surface area is 78.0 Å². The van der Waals surface area contributed by atoms with E-state index in [0.717, 1.165) is 7.11 Å². The van der Waals surface area contributed by atoms with Crippen LogP contribution in [0.2, 0.25) is 0 Å². The van der Waals surface area contributed by atoms with Crippen molar-refractivity contribution < 1.29 is 21.4 Å². The molecule has 0 fully saturated rings. The molecule has 0 spiro atoms. The molecule has 0 saturated carbocycles. The van der Waals surface area contributed by atoms with Gasteiger partial charge in [-0.25, -0.2) is 0 Å². The molecule has 0 aliphatic heterocycles. The summed E-state index contributed by atoms with van der Waals surface area (Å²) in [5.41, 5.74) is 0. The van der Waals surface area contributed by atoms with Crippen molar-refractivity contribution >= 4 is 22.9 Å². The van der Waals surface area contributed by atoms with Gasteiger partial charge in [0.25, 0.3) is 0 Å². The Morgan fingerprint density at radius 3 is 1.33 bits per heavy atom. The molecule has 0 radical (unpaired) electrons. The van der Waals surface area contributed by atoms with Crippen LogP contribution in [0, 0.1) is 0 Å². The molecule has 0 heterocycles. The molecule has 6 nitrogen and oxygen atoms in total. The maximum atomic E-state index is 9.33. The van der Waals surface area contributed by atoms with Gasteiger partial charge in [-0.3, -0.25) is 8.74 Å². The lowest BCUT2D eigenvalue weighted by molar-refractivity contribution is 0.324. The lowest BCUT2D eigenvalue weighted by Gasteiger charge is -1.90. The molecule has 0 aliphatic rings. The molecule has 76 valence electrons. The third kappa shape index (κ3) is 95.0. The first-order valence-corrected chi connectivity index (χ1v) is 4.30. The van der Waals surface area contributed by atoms with Gasteiger partial charge in [0, 0.05) is 0 Å². The van der Waals surface area contributed by atoms with Gasteiger partial charge in [-0.1, -0.05) is 0 Å². The molecule has 0 saturated heterocycles. The van der Waals surface area contributed by atoms with Crippen molar-refractivity contribution in [1.82, 2.24) is 4.90 Å². The minimum Gasteiger partial charge on any atom is -0.312 e. The van der Waals surface area contributed by atoms with Crippen molar-refractivity contribution in [2.45, 2.75) is 0 Å². The van der Waals surface area contributed by atoms with Crippen LogP contribution in [0.1, 0.15) is 0 Å². The second-order valence-electron chi connectivity index (χ2n) is 1.94. The van der Waals surface area contributed by atoms with Gasteiger partial charge in [0.15, 0.2) is 12.5 Å². The second-order valence-corrected chi connectivity index (χ2v) is 3.12. The Morgan fingerprint density at radius 1 is 1.25 bits per heavy atom. The highest BCUT2D eigenvalue weighted by molar-refractivity contribution is 7.80. The SMILES string of the molecule is CN(C)C.COS(=O)(=O)O.O=S. The highest BCUT2D eigenvalue weighted by Crippen LogP contribution is 1.74. The molecular weight excluding hydrogens is 206 g/mol. The van der Waals surface area contributed by atoms with Gasteiger partial charge in [0.1, 0.15) is 0 Å². The Balaban J connectivity index is -0.000000118. The Kier molecular flexibility index (Phi) is 16.1. The van der Waals surface area contributed by atoms with E-state index in [2.05, 4.69) is 16.7 Å². The van der Waals surface area contributed by atoms with Crippen LogP contribution < -0.4 is 0 Å². The van der Waals surface area contributed by atoms with Crippen LogP contribution in [0.25, 0.3) is 0 Å². The van der Waals surface area contributed by atoms with Crippen LogP contribution in [0.15, 0.2) is 0 Å². The summed E-state index contributed by atoms with van der Waals surface area (Å²) in [7, 11) is 2.71. The van der Waals surface area contributed by atoms with Crippen molar-refractivity contribution in [3.63, 3.8) is 0 Å². The van der Waals surface area contributed by atoms with Crippen molar-refractivity contribution in [1.29, 1.82) is 0 Å². The first-order chi connectivity index (χ1) is 5.29. The average Bonchev–Trinajstić information content (AvgIpc) is 1.90. The number of rotatable bonds is 1. The van der Waals surface area contributed by atoms with Gasteiger partial charge in [-0.05, 0) is 21.1 Å². The molecule has 0 amide bonds. The van der Waals surface area contributed by atoms with Crippen molar-refractivity contribution in [3.8, 4) is 0 Å². The molecule has 0 bridgehead atoms. The Hall–Kier alpha value is -0.150. The Morgan fingerprint density at radius 2 is 1.33 bits per heavy atom. The minimum absolute atomic E-state index is 0.870. The van der Waals surface area contributed by atoms with Crippen LogP contribution in [0.4, 0.5) is 0 Å². The minimum atomic E-state index is -4.16. The summed E-state index contributed by atoms with van der Waals surface area (Å²) in [6.07, 6.45) is 0. The first-order valence-electron chi connectivity index (χ1n) is 2.60. The summed E-state index contributed by atoms with van der Waals surface area (Å²) in [6, 6.07) is 0. The molecule has 0 aliphatic carbocycles. The summed E-state index contributed by atoms with van der Waals surface area (Å²) >= 11 is 2.83. The van der Waals surface area contributed by atoms with Gasteiger partial charge in [-0.2, -0.15) is 12.6 Å². The summed E-state index contributed by atoms with van der Waals surface area (Å²) in [6.45, 7) is 0. The topological polar surface area (TPSA) is 83.9 Å². The maximum Gasteiger partial charge on any atom is 0.397 e. The lowest BCUT2D eigenvalue weighted by atomic mass is 11.0. The fraction of sp³-hybridized carbons (Fsp3) is 1.00. The van der Waals surface area contributed by atoms with E-state index in [9.17, 15) is 8.42 Å². The molecule has 0 aromatic rings. The smallest absolute Gasteiger partial charge is 0.312 e. The Bertz CT molecular complexity index is 164. The standard InChI is InChI=1S/C3H9N.CH4O4S.OS/c1-4(2)3;1-5-6(2,3)4;1-2/h1-3H3;1H3,(H,2,3,4);. The molecule has 0 unspecified atom stereocenters. The normalized spacial score (nSPS) is 9.17. The molecule has 0 aromatic heterocycles. The van der Waals surface area contributed by atoms with E-state index in [-0.39, 0.29) is 0 Å². The third-order valence-corrected chi connectivity index (χ3v) is 0.632. The first kappa shape index (κ1) is 17.8. The zero-order valence-electron chi connectivity index (χ0n) is 7.34. The number of nitrogens with zero attached hydrogens (tertiary/aromatic N) is 1. The molecule has 12 heavy (non-hydrogen) atoms. The summed E-state index contributed by atoms with van der Waals surface area (Å²) in [5.74, 6) is 0. The third-order valence-electron chi connectivity index (χ3n) is 0.211. The van der Waals surface area contributed by atoms with Crippen LogP contribution >= 0.6 is 0 Å². The van der Waals surface area contributed by atoms with Crippen LogP contribution in [0.5, 0.6) is 0 Å². The van der Waals surface area contributed by atoms with Crippen molar-refractivity contribution in [2.75, 3.05) is 28.3 Å². The molecule has 8 heteroatoms. The number of hydrogen-bond acceptors (Lipinski definition) is 6. The molecule has 0 rings (SSSR count). The van der Waals surface area contributed by atoms with Crippen LogP contribution in [-0.2, 0) is 27.1 Å². The maximum absolute atomic E-state index is 9.33. The largest absolute Gasteiger partial charge is 0.397 e. The van der Waals surface area contributed by atoms with Gasteiger partial charge < -0.3 is 4.90 Å². The summed E-state index contributed by atoms with van der Waals surface area (Å²) < 4.78 is 37.5. The fourth-order valence-corrected chi connectivity index (χ4v) is 0. The van der Waals surface area contributed by atoms with Gasteiger partial charge in [-0.15, -0.1) is 0 Å². The molecule has 0 atom stereocenters. The summed E-state index contributed by atoms with van der Waals surface area (Å²) in [4.78, 5) is 2.00. The average molecular weight is 219 g/mol. The van der Waals surface area contributed by atoms with E-state index in [0.29, 0.717) is 0 Å². The van der Waals surface area contributed by atoms with Gasteiger partial charge in [0.2, 0.25) is 0 Å². The van der Waals surface area contributed by atoms with Crippen molar-refractivity contribution in [3.05, 3.63) is 0 Å². The predicted octanol–water partition coefficient (Wildman–Crippen LogP) is -0.723. The fourth-order valence-electron chi connectivity index (χ4n) is 0. The van der Waals surface area contributed by atoms with Gasteiger partial charge >= 0.3 is 10.4 Å². The lowest BCUT2D eigenvalue weighted by Crippen LogP contribution is -1.99. The van der Waals surface area contributed by atoms with E-state index in [1.807, 2.05) is 26.0 Å².